The van der Waals surface area contributed by atoms with Gasteiger partial charge in [-0.1, -0.05) is 30.7 Å². The van der Waals surface area contributed by atoms with Crippen LogP contribution in [0.2, 0.25) is 0 Å². The fraction of sp³-hybridized carbons (Fsp3) is 0.261. The minimum atomic E-state index is 0.417. The number of hydrogen-bond acceptors (Lipinski definition) is 4. The molecule has 1 saturated heterocycles. The molecule has 5 nitrogen and oxygen atoms in total. The summed E-state index contributed by atoms with van der Waals surface area (Å²) in [6.07, 6.45) is 7.60. The second-order valence-corrected chi connectivity index (χ2v) is 7.51. The molecule has 1 N–H and O–H groups in total. The van der Waals surface area contributed by atoms with Gasteiger partial charge in [0.1, 0.15) is 17.4 Å². The van der Waals surface area contributed by atoms with Crippen LogP contribution in [-0.2, 0) is 6.54 Å². The van der Waals surface area contributed by atoms with Crippen molar-refractivity contribution >= 4 is 21.9 Å². The molecule has 138 valence electrons. The van der Waals surface area contributed by atoms with E-state index in [1.54, 1.807) is 6.20 Å². The van der Waals surface area contributed by atoms with Crippen LogP contribution in [0.5, 0.6) is 0 Å². The van der Waals surface area contributed by atoms with Crippen molar-refractivity contribution in [2.24, 2.45) is 0 Å². The number of pyridine rings is 2. The Bertz CT molecular complexity index is 1180. The summed E-state index contributed by atoms with van der Waals surface area (Å²) in [6.45, 7) is 3.45. The molecule has 1 aliphatic rings. The lowest BCUT2D eigenvalue weighted by Crippen LogP contribution is -2.28. The number of benzene rings is 1. The van der Waals surface area contributed by atoms with Crippen LogP contribution in [0.4, 0.5) is 0 Å². The predicted molar refractivity (Wildman–Crippen MR) is 111 cm³/mol. The van der Waals surface area contributed by atoms with E-state index >= 15 is 0 Å². The Hall–Kier alpha value is -3.23. The lowest BCUT2D eigenvalue weighted by Gasteiger charge is -2.26. The quantitative estimate of drug-likeness (QED) is 0.573. The van der Waals surface area contributed by atoms with Gasteiger partial charge in [0.15, 0.2) is 0 Å². The van der Waals surface area contributed by atoms with Gasteiger partial charge in [-0.25, -0.2) is 9.97 Å². The van der Waals surface area contributed by atoms with E-state index < -0.39 is 0 Å². The van der Waals surface area contributed by atoms with Crippen LogP contribution in [0.15, 0.2) is 48.8 Å². The molecule has 0 atom stereocenters. The van der Waals surface area contributed by atoms with Gasteiger partial charge in [-0.3, -0.25) is 4.90 Å². The lowest BCUT2D eigenvalue weighted by atomic mass is 10.0. The average Bonchev–Trinajstić information content (AvgIpc) is 3.12. The molecule has 5 heteroatoms. The first-order valence-corrected chi connectivity index (χ1v) is 9.79. The van der Waals surface area contributed by atoms with E-state index in [1.165, 1.54) is 37.9 Å². The molecule has 0 saturated carbocycles. The number of rotatable bonds is 3. The van der Waals surface area contributed by atoms with Crippen molar-refractivity contribution in [2.45, 2.75) is 25.8 Å². The third kappa shape index (κ3) is 3.12. The topological polar surface area (TPSA) is 68.6 Å². The monoisotopic (exact) mass is 367 g/mol. The molecule has 4 aromatic rings. The summed E-state index contributed by atoms with van der Waals surface area (Å²) in [7, 11) is 0. The molecule has 1 aromatic carbocycles. The molecule has 1 fully saturated rings. The van der Waals surface area contributed by atoms with Crippen LogP contribution in [-0.4, -0.2) is 32.9 Å². The van der Waals surface area contributed by atoms with E-state index in [9.17, 15) is 0 Å². The average molecular weight is 367 g/mol. The number of piperidine rings is 1. The highest BCUT2D eigenvalue weighted by Gasteiger charge is 2.11. The summed E-state index contributed by atoms with van der Waals surface area (Å²) >= 11 is 0. The smallest absolute Gasteiger partial charge is 0.141 e. The van der Waals surface area contributed by atoms with Crippen molar-refractivity contribution in [1.29, 1.82) is 5.26 Å². The van der Waals surface area contributed by atoms with Crippen LogP contribution in [0.3, 0.4) is 0 Å². The van der Waals surface area contributed by atoms with Crippen molar-refractivity contribution in [2.75, 3.05) is 13.1 Å². The highest BCUT2D eigenvalue weighted by atomic mass is 15.1. The Morgan fingerprint density at radius 1 is 0.929 bits per heavy atom. The van der Waals surface area contributed by atoms with Crippen molar-refractivity contribution < 1.29 is 0 Å². The highest BCUT2D eigenvalue weighted by Crippen LogP contribution is 2.29. The molecular weight excluding hydrogens is 346 g/mol. The molecular formula is C23H21N5. The number of H-pyrrole nitrogens is 1. The van der Waals surface area contributed by atoms with Crippen LogP contribution < -0.4 is 0 Å². The van der Waals surface area contributed by atoms with Crippen molar-refractivity contribution in [3.05, 3.63) is 60.0 Å². The molecule has 5 rings (SSSR count). The predicted octanol–water partition coefficient (Wildman–Crippen LogP) is 4.64. The molecule has 4 heterocycles. The van der Waals surface area contributed by atoms with E-state index in [0.717, 1.165) is 39.6 Å². The maximum atomic E-state index is 9.14. The highest BCUT2D eigenvalue weighted by molar-refractivity contribution is 6.06. The SMILES string of the molecule is N#Cc1cc2c(cn1)[nH]c1ncc(-c3ccc(CN4CCCCC4)cc3)cc12. The van der Waals surface area contributed by atoms with E-state index in [4.69, 9.17) is 5.26 Å². The molecule has 0 amide bonds. The summed E-state index contributed by atoms with van der Waals surface area (Å²) in [5, 5.41) is 11.1. The molecule has 28 heavy (non-hydrogen) atoms. The number of aromatic nitrogens is 3. The maximum absolute atomic E-state index is 9.14. The zero-order valence-electron chi connectivity index (χ0n) is 15.7. The molecule has 1 aliphatic heterocycles. The fourth-order valence-electron chi connectivity index (χ4n) is 4.07. The molecule has 0 spiro atoms. The summed E-state index contributed by atoms with van der Waals surface area (Å²) in [4.78, 5) is 14.5. The van der Waals surface area contributed by atoms with Crippen molar-refractivity contribution in [3.63, 3.8) is 0 Å². The van der Waals surface area contributed by atoms with E-state index in [2.05, 4.69) is 56.3 Å². The first kappa shape index (κ1) is 16.9. The number of nitrogens with zero attached hydrogens (tertiary/aromatic N) is 4. The number of nitrogens with one attached hydrogen (secondary N) is 1. The van der Waals surface area contributed by atoms with Gasteiger partial charge in [0.2, 0.25) is 0 Å². The van der Waals surface area contributed by atoms with Crippen molar-refractivity contribution in [3.8, 4) is 17.2 Å². The number of fused-ring (bicyclic) bond motifs is 3. The van der Waals surface area contributed by atoms with Crippen LogP contribution in [0.25, 0.3) is 33.1 Å². The van der Waals surface area contributed by atoms with Crippen LogP contribution in [0, 0.1) is 11.3 Å². The van der Waals surface area contributed by atoms with Gasteiger partial charge in [-0.2, -0.15) is 5.26 Å². The number of nitriles is 1. The summed E-state index contributed by atoms with van der Waals surface area (Å²) in [5.74, 6) is 0. The van der Waals surface area contributed by atoms with Crippen LogP contribution in [0.1, 0.15) is 30.5 Å². The second-order valence-electron chi connectivity index (χ2n) is 7.51. The zero-order chi connectivity index (χ0) is 18.9. The Morgan fingerprint density at radius 2 is 1.75 bits per heavy atom. The van der Waals surface area contributed by atoms with Crippen LogP contribution >= 0.6 is 0 Å². The molecule has 0 unspecified atom stereocenters. The third-order valence-electron chi connectivity index (χ3n) is 5.59. The van der Waals surface area contributed by atoms with Gasteiger partial charge >= 0.3 is 0 Å². The van der Waals surface area contributed by atoms with Crippen molar-refractivity contribution in [1.82, 2.24) is 19.9 Å². The number of hydrogen-bond donors (Lipinski definition) is 1. The molecule has 0 aliphatic carbocycles. The third-order valence-corrected chi connectivity index (χ3v) is 5.59. The van der Waals surface area contributed by atoms with Gasteiger partial charge in [0.25, 0.3) is 0 Å². The van der Waals surface area contributed by atoms with E-state index in [0.29, 0.717) is 5.69 Å². The summed E-state index contributed by atoms with van der Waals surface area (Å²) < 4.78 is 0. The number of aromatic amines is 1. The first-order valence-electron chi connectivity index (χ1n) is 9.79. The minimum Gasteiger partial charge on any atom is -0.338 e. The molecule has 3 aromatic heterocycles. The van der Waals surface area contributed by atoms with Gasteiger partial charge in [-0.15, -0.1) is 0 Å². The Morgan fingerprint density at radius 3 is 2.54 bits per heavy atom. The Labute approximate surface area is 163 Å². The summed E-state index contributed by atoms with van der Waals surface area (Å²) in [6, 6.07) is 14.9. The van der Waals surface area contributed by atoms with Gasteiger partial charge < -0.3 is 4.98 Å². The standard InChI is InChI=1S/C23H21N5/c24-12-19-11-20-21-10-18(13-26-23(21)27-22(20)14-25-19)17-6-4-16(5-7-17)15-28-8-2-1-3-9-28/h4-7,10-11,13-14H,1-3,8-9,15H2,(H,26,27). The van der Waals surface area contributed by atoms with E-state index in [-0.39, 0.29) is 0 Å². The molecule has 0 radical (unpaired) electrons. The van der Waals surface area contributed by atoms with Gasteiger partial charge in [0, 0.05) is 29.1 Å². The first-order chi connectivity index (χ1) is 13.8. The maximum Gasteiger partial charge on any atom is 0.141 e. The largest absolute Gasteiger partial charge is 0.338 e. The van der Waals surface area contributed by atoms with E-state index in [1.807, 2.05) is 12.3 Å². The Balaban J connectivity index is 1.46. The summed E-state index contributed by atoms with van der Waals surface area (Å²) in [5.41, 5.74) is 5.72. The normalized spacial score (nSPS) is 15.1. The Kier molecular flexibility index (Phi) is 4.27. The zero-order valence-corrected chi connectivity index (χ0v) is 15.7. The van der Waals surface area contributed by atoms with Gasteiger partial charge in [-0.05, 0) is 49.2 Å². The fourth-order valence-corrected chi connectivity index (χ4v) is 4.07. The van der Waals surface area contributed by atoms with Gasteiger partial charge in [0.05, 0.1) is 11.7 Å². The number of likely N-dealkylation sites (tertiary alicyclic amines) is 1. The molecule has 0 bridgehead atoms. The second kappa shape index (κ2) is 7.06. The lowest BCUT2D eigenvalue weighted by molar-refractivity contribution is 0.221. The minimum absolute atomic E-state index is 0.417.